The average Bonchev–Trinajstić information content (AvgIpc) is 2.22. The fraction of sp³-hybridized carbons (Fsp3) is 0.286. The minimum atomic E-state index is 0.510. The first-order valence-electron chi connectivity index (χ1n) is 5.61. The quantitative estimate of drug-likeness (QED) is 0.756. The molecule has 0 amide bonds. The van der Waals surface area contributed by atoms with Gasteiger partial charge in [0.05, 0.1) is 0 Å². The molecular weight excluding hydrogens is 232 g/mol. The summed E-state index contributed by atoms with van der Waals surface area (Å²) >= 11 is 5.92. The van der Waals surface area contributed by atoms with Crippen molar-refractivity contribution in [1.29, 1.82) is 0 Å². The van der Waals surface area contributed by atoms with Gasteiger partial charge in [0.15, 0.2) is 0 Å². The second kappa shape index (κ2) is 4.84. The van der Waals surface area contributed by atoms with Crippen molar-refractivity contribution in [2.45, 2.75) is 27.2 Å². The van der Waals surface area contributed by atoms with E-state index in [1.54, 1.807) is 6.07 Å². The number of rotatable bonds is 2. The van der Waals surface area contributed by atoms with E-state index in [-0.39, 0.29) is 0 Å². The number of aromatic nitrogens is 2. The molecule has 2 rings (SSSR count). The maximum Gasteiger partial charge on any atom is 0.134 e. The van der Waals surface area contributed by atoms with Gasteiger partial charge in [-0.2, -0.15) is 0 Å². The highest BCUT2D eigenvalue weighted by molar-refractivity contribution is 6.29. The largest absolute Gasteiger partial charge is 0.238 e. The lowest BCUT2D eigenvalue weighted by atomic mass is 10.0. The standard InChI is InChI=1S/C14H15ClN2/c1-9-4-5-12(6-10(9)2)8-14-16-11(3)7-13(15)17-14/h4-7H,8H2,1-3H3. The van der Waals surface area contributed by atoms with Crippen LogP contribution in [0.25, 0.3) is 0 Å². The van der Waals surface area contributed by atoms with Gasteiger partial charge in [0, 0.05) is 12.1 Å². The Hall–Kier alpha value is -1.41. The summed E-state index contributed by atoms with van der Waals surface area (Å²) in [5, 5.41) is 0.510. The summed E-state index contributed by atoms with van der Waals surface area (Å²) in [6.07, 6.45) is 0.725. The molecule has 1 aromatic heterocycles. The SMILES string of the molecule is Cc1cc(Cl)nc(Cc2ccc(C)c(C)c2)n1. The number of benzene rings is 1. The minimum Gasteiger partial charge on any atom is -0.238 e. The van der Waals surface area contributed by atoms with Gasteiger partial charge < -0.3 is 0 Å². The van der Waals surface area contributed by atoms with E-state index in [0.29, 0.717) is 5.15 Å². The van der Waals surface area contributed by atoms with Gasteiger partial charge in [-0.25, -0.2) is 9.97 Å². The number of halogens is 1. The van der Waals surface area contributed by atoms with Crippen molar-refractivity contribution in [3.8, 4) is 0 Å². The molecule has 0 fully saturated rings. The Morgan fingerprint density at radius 3 is 2.41 bits per heavy atom. The molecule has 0 atom stereocenters. The third-order valence-corrected chi connectivity index (χ3v) is 3.00. The van der Waals surface area contributed by atoms with E-state index in [0.717, 1.165) is 17.9 Å². The number of nitrogens with zero attached hydrogens (tertiary/aromatic N) is 2. The van der Waals surface area contributed by atoms with Gasteiger partial charge in [-0.3, -0.25) is 0 Å². The molecule has 3 heteroatoms. The zero-order valence-corrected chi connectivity index (χ0v) is 11.0. The number of hydrogen-bond donors (Lipinski definition) is 0. The highest BCUT2D eigenvalue weighted by atomic mass is 35.5. The van der Waals surface area contributed by atoms with Crippen LogP contribution in [0.3, 0.4) is 0 Å². The lowest BCUT2D eigenvalue weighted by molar-refractivity contribution is 0.941. The summed E-state index contributed by atoms with van der Waals surface area (Å²) in [6.45, 7) is 6.15. The molecule has 2 nitrogen and oxygen atoms in total. The van der Waals surface area contributed by atoms with Crippen LogP contribution in [0.15, 0.2) is 24.3 Å². The van der Waals surface area contributed by atoms with Gasteiger partial charge in [0.25, 0.3) is 0 Å². The molecule has 17 heavy (non-hydrogen) atoms. The molecule has 0 saturated carbocycles. The average molecular weight is 247 g/mol. The number of hydrogen-bond acceptors (Lipinski definition) is 2. The van der Waals surface area contributed by atoms with Gasteiger partial charge in [0.2, 0.25) is 0 Å². The predicted octanol–water partition coefficient (Wildman–Crippen LogP) is 3.65. The molecular formula is C14H15ClN2. The van der Waals surface area contributed by atoms with Crippen LogP contribution in [0.1, 0.15) is 28.2 Å². The van der Waals surface area contributed by atoms with Crippen molar-refractivity contribution in [2.24, 2.45) is 0 Å². The maximum absolute atomic E-state index is 5.92. The molecule has 0 aliphatic rings. The van der Waals surface area contributed by atoms with E-state index in [1.165, 1.54) is 16.7 Å². The zero-order valence-electron chi connectivity index (χ0n) is 10.3. The fourth-order valence-electron chi connectivity index (χ4n) is 1.76. The summed E-state index contributed by atoms with van der Waals surface area (Å²) in [7, 11) is 0. The van der Waals surface area contributed by atoms with Gasteiger partial charge in [-0.1, -0.05) is 29.8 Å². The van der Waals surface area contributed by atoms with E-state index in [1.807, 2.05) is 6.92 Å². The van der Waals surface area contributed by atoms with E-state index in [9.17, 15) is 0 Å². The van der Waals surface area contributed by atoms with Crippen LogP contribution >= 0.6 is 11.6 Å². The molecule has 88 valence electrons. The van der Waals surface area contributed by atoms with Crippen molar-refractivity contribution in [2.75, 3.05) is 0 Å². The Bertz CT molecular complexity index is 530. The Kier molecular flexibility index (Phi) is 3.43. The molecule has 2 aromatic rings. The summed E-state index contributed by atoms with van der Waals surface area (Å²) in [5.74, 6) is 0.776. The highest BCUT2D eigenvalue weighted by Gasteiger charge is 2.03. The summed E-state index contributed by atoms with van der Waals surface area (Å²) in [5.41, 5.74) is 4.72. The third-order valence-electron chi connectivity index (χ3n) is 2.80. The highest BCUT2D eigenvalue weighted by Crippen LogP contribution is 2.14. The van der Waals surface area contributed by atoms with Gasteiger partial charge in [-0.15, -0.1) is 0 Å². The first kappa shape index (κ1) is 12.1. The Morgan fingerprint density at radius 1 is 1.00 bits per heavy atom. The Labute approximate surface area is 107 Å². The first-order valence-corrected chi connectivity index (χ1v) is 5.98. The van der Waals surface area contributed by atoms with E-state index >= 15 is 0 Å². The van der Waals surface area contributed by atoms with Crippen molar-refractivity contribution in [3.63, 3.8) is 0 Å². The molecule has 0 saturated heterocycles. The van der Waals surface area contributed by atoms with E-state index in [4.69, 9.17) is 11.6 Å². The smallest absolute Gasteiger partial charge is 0.134 e. The molecule has 0 spiro atoms. The van der Waals surface area contributed by atoms with Crippen LogP contribution in [0.5, 0.6) is 0 Å². The van der Waals surface area contributed by atoms with Crippen LogP contribution in [-0.4, -0.2) is 9.97 Å². The second-order valence-corrected chi connectivity index (χ2v) is 4.73. The summed E-state index contributed by atoms with van der Waals surface area (Å²) in [4.78, 5) is 8.62. The van der Waals surface area contributed by atoms with Gasteiger partial charge in [0.1, 0.15) is 11.0 Å². The maximum atomic E-state index is 5.92. The molecule has 0 radical (unpaired) electrons. The molecule has 1 aromatic carbocycles. The second-order valence-electron chi connectivity index (χ2n) is 4.34. The molecule has 0 aliphatic carbocycles. The Balaban J connectivity index is 2.28. The van der Waals surface area contributed by atoms with E-state index in [2.05, 4.69) is 42.0 Å². The van der Waals surface area contributed by atoms with Crippen LogP contribution in [-0.2, 0) is 6.42 Å². The molecule has 0 N–H and O–H groups in total. The molecule has 0 aliphatic heterocycles. The number of aryl methyl sites for hydroxylation is 3. The monoisotopic (exact) mass is 246 g/mol. The van der Waals surface area contributed by atoms with Gasteiger partial charge >= 0.3 is 0 Å². The fourth-order valence-corrected chi connectivity index (χ4v) is 2.02. The molecule has 0 unspecified atom stereocenters. The van der Waals surface area contributed by atoms with Crippen LogP contribution < -0.4 is 0 Å². The van der Waals surface area contributed by atoms with Gasteiger partial charge in [-0.05, 0) is 43.5 Å². The molecule has 0 bridgehead atoms. The van der Waals surface area contributed by atoms with Crippen LogP contribution in [0.2, 0.25) is 5.15 Å². The minimum absolute atomic E-state index is 0.510. The lowest BCUT2D eigenvalue weighted by Gasteiger charge is -2.05. The predicted molar refractivity (Wildman–Crippen MR) is 70.5 cm³/mol. The van der Waals surface area contributed by atoms with Crippen molar-refractivity contribution >= 4 is 11.6 Å². The van der Waals surface area contributed by atoms with Crippen molar-refractivity contribution in [3.05, 3.63) is 57.6 Å². The normalized spacial score (nSPS) is 10.6. The Morgan fingerprint density at radius 2 is 1.76 bits per heavy atom. The van der Waals surface area contributed by atoms with Crippen molar-refractivity contribution < 1.29 is 0 Å². The summed E-state index contributed by atoms with van der Waals surface area (Å²) in [6, 6.07) is 8.18. The van der Waals surface area contributed by atoms with E-state index < -0.39 is 0 Å². The van der Waals surface area contributed by atoms with Crippen molar-refractivity contribution in [1.82, 2.24) is 9.97 Å². The molecule has 1 heterocycles. The zero-order chi connectivity index (χ0) is 12.4. The third kappa shape index (κ3) is 3.04. The topological polar surface area (TPSA) is 25.8 Å². The van der Waals surface area contributed by atoms with Crippen LogP contribution in [0, 0.1) is 20.8 Å². The van der Waals surface area contributed by atoms with Crippen LogP contribution in [0.4, 0.5) is 0 Å². The first-order chi connectivity index (χ1) is 8.04. The summed E-state index contributed by atoms with van der Waals surface area (Å²) < 4.78 is 0. The lowest BCUT2D eigenvalue weighted by Crippen LogP contribution is -1.99.